The highest BCUT2D eigenvalue weighted by Gasteiger charge is 2.31. The Bertz CT molecular complexity index is 715. The highest BCUT2D eigenvalue weighted by atomic mass is 32.2. The third-order valence-electron chi connectivity index (χ3n) is 2.33. The van der Waals surface area contributed by atoms with E-state index in [1.54, 1.807) is 0 Å². The first kappa shape index (κ1) is 12.3. The van der Waals surface area contributed by atoms with E-state index in [4.69, 9.17) is 0 Å². The minimum absolute atomic E-state index is 0.0439. The van der Waals surface area contributed by atoms with Gasteiger partial charge in [-0.2, -0.15) is 0 Å². The van der Waals surface area contributed by atoms with E-state index in [0.29, 0.717) is 0 Å². The largest absolute Gasteiger partial charge is 0.229 e. The average molecular weight is 276 g/mol. The van der Waals surface area contributed by atoms with Crippen LogP contribution in [-0.4, -0.2) is 28.8 Å². The molecular formula is C10H9FO4S2. The van der Waals surface area contributed by atoms with Gasteiger partial charge in [0.1, 0.15) is 5.82 Å². The summed E-state index contributed by atoms with van der Waals surface area (Å²) < 4.78 is 59.0. The molecule has 7 heteroatoms. The molecule has 0 atom stereocenters. The zero-order valence-electron chi connectivity index (χ0n) is 8.84. The fourth-order valence-corrected chi connectivity index (χ4v) is 4.75. The summed E-state index contributed by atoms with van der Waals surface area (Å²) >= 11 is 0. The fourth-order valence-electron chi connectivity index (χ4n) is 1.65. The standard InChI is InChI=1S/C10H9FO4S2/c1-16(12,13)6-9-5-7-4-8(11)2-3-10(7)17(9,14)15/h2-5H,6H2,1H3. The average Bonchev–Trinajstić information content (AvgIpc) is 2.35. The van der Waals surface area contributed by atoms with Gasteiger partial charge in [-0.15, -0.1) is 0 Å². The van der Waals surface area contributed by atoms with E-state index in [0.717, 1.165) is 24.5 Å². The molecule has 0 saturated heterocycles. The Labute approximate surface area is 98.6 Å². The number of rotatable bonds is 2. The lowest BCUT2D eigenvalue weighted by Crippen LogP contribution is -2.11. The molecule has 1 aliphatic heterocycles. The van der Waals surface area contributed by atoms with Crippen molar-refractivity contribution >= 4 is 25.8 Å². The van der Waals surface area contributed by atoms with Crippen LogP contribution in [0, 0.1) is 5.82 Å². The van der Waals surface area contributed by atoms with Crippen LogP contribution in [0.1, 0.15) is 5.56 Å². The van der Waals surface area contributed by atoms with Crippen LogP contribution in [0.15, 0.2) is 28.0 Å². The maximum Gasteiger partial charge on any atom is 0.204 e. The molecule has 0 fully saturated rings. The maximum atomic E-state index is 12.9. The number of hydrogen-bond donors (Lipinski definition) is 0. The first-order chi connectivity index (χ1) is 7.70. The topological polar surface area (TPSA) is 68.3 Å². The number of sulfone groups is 2. The Morgan fingerprint density at radius 2 is 1.94 bits per heavy atom. The SMILES string of the molecule is CS(=O)(=O)CC1=Cc2cc(F)ccc2S1(=O)=O. The molecule has 4 nitrogen and oxygen atoms in total. The van der Waals surface area contributed by atoms with E-state index in [1.807, 2.05) is 0 Å². The van der Waals surface area contributed by atoms with Gasteiger partial charge in [0, 0.05) is 6.26 Å². The van der Waals surface area contributed by atoms with Crippen LogP contribution < -0.4 is 0 Å². The first-order valence-electron chi connectivity index (χ1n) is 4.63. The van der Waals surface area contributed by atoms with Crippen LogP contribution >= 0.6 is 0 Å². The molecule has 92 valence electrons. The predicted octanol–water partition coefficient (Wildman–Crippen LogP) is 0.999. The summed E-state index contributed by atoms with van der Waals surface area (Å²) in [7, 11) is -7.23. The van der Waals surface area contributed by atoms with Crippen LogP contribution in [0.3, 0.4) is 0 Å². The van der Waals surface area contributed by atoms with Crippen LogP contribution in [0.4, 0.5) is 4.39 Å². The third kappa shape index (κ3) is 2.25. The van der Waals surface area contributed by atoms with Gasteiger partial charge >= 0.3 is 0 Å². The Balaban J connectivity index is 2.58. The van der Waals surface area contributed by atoms with Crippen molar-refractivity contribution in [2.75, 3.05) is 12.0 Å². The fraction of sp³-hybridized carbons (Fsp3) is 0.200. The molecule has 0 saturated carbocycles. The van der Waals surface area contributed by atoms with Gasteiger partial charge in [0.2, 0.25) is 9.84 Å². The van der Waals surface area contributed by atoms with E-state index >= 15 is 0 Å². The molecule has 1 aromatic rings. The second kappa shape index (κ2) is 3.64. The molecule has 1 aliphatic rings. The summed E-state index contributed by atoms with van der Waals surface area (Å²) in [6.07, 6.45) is 2.15. The van der Waals surface area contributed by atoms with Gasteiger partial charge in [-0.3, -0.25) is 0 Å². The molecule has 0 unspecified atom stereocenters. The monoisotopic (exact) mass is 276 g/mol. The normalized spacial score (nSPS) is 17.6. The van der Waals surface area contributed by atoms with Crippen LogP contribution in [0.2, 0.25) is 0 Å². The number of benzene rings is 1. The number of halogens is 1. The van der Waals surface area contributed by atoms with E-state index in [-0.39, 0.29) is 15.4 Å². The van der Waals surface area contributed by atoms with Crippen LogP contribution in [0.25, 0.3) is 6.08 Å². The van der Waals surface area contributed by atoms with E-state index in [9.17, 15) is 21.2 Å². The van der Waals surface area contributed by atoms with Gasteiger partial charge in [0.05, 0.1) is 15.6 Å². The Hall–Kier alpha value is -1.21. The van der Waals surface area contributed by atoms with Crippen LogP contribution in [-0.2, 0) is 19.7 Å². The van der Waals surface area contributed by atoms with Gasteiger partial charge in [-0.1, -0.05) is 0 Å². The highest BCUT2D eigenvalue weighted by Crippen LogP contribution is 2.33. The number of fused-ring (bicyclic) bond motifs is 1. The Kier molecular flexibility index (Phi) is 2.62. The van der Waals surface area contributed by atoms with Crippen LogP contribution in [0.5, 0.6) is 0 Å². The quantitative estimate of drug-likeness (QED) is 0.756. The van der Waals surface area contributed by atoms with Crippen molar-refractivity contribution in [1.29, 1.82) is 0 Å². The summed E-state index contributed by atoms with van der Waals surface area (Å²) in [5.74, 6) is -1.12. The predicted molar refractivity (Wildman–Crippen MR) is 61.3 cm³/mol. The zero-order chi connectivity index (χ0) is 12.8. The summed E-state index contributed by atoms with van der Waals surface area (Å²) in [5, 5.41) is 0. The first-order valence-corrected chi connectivity index (χ1v) is 8.17. The summed E-state index contributed by atoms with van der Waals surface area (Å²) in [6.45, 7) is 0. The van der Waals surface area contributed by atoms with Crippen molar-refractivity contribution < 1.29 is 21.2 Å². The van der Waals surface area contributed by atoms with Gasteiger partial charge in [-0.25, -0.2) is 21.2 Å². The minimum Gasteiger partial charge on any atom is -0.229 e. The third-order valence-corrected chi connectivity index (χ3v) is 5.25. The van der Waals surface area contributed by atoms with E-state index < -0.39 is 31.2 Å². The lowest BCUT2D eigenvalue weighted by molar-refractivity contribution is 0.596. The molecule has 17 heavy (non-hydrogen) atoms. The van der Waals surface area contributed by atoms with Gasteiger partial charge in [0.25, 0.3) is 0 Å². The lowest BCUT2D eigenvalue weighted by Gasteiger charge is -2.02. The smallest absolute Gasteiger partial charge is 0.204 e. The molecule has 0 radical (unpaired) electrons. The van der Waals surface area contributed by atoms with E-state index in [2.05, 4.69) is 0 Å². The summed E-state index contributed by atoms with van der Waals surface area (Å²) in [6, 6.07) is 3.25. The molecule has 0 aliphatic carbocycles. The molecule has 0 N–H and O–H groups in total. The van der Waals surface area contributed by atoms with Gasteiger partial charge in [0.15, 0.2) is 9.84 Å². The summed E-state index contributed by atoms with van der Waals surface area (Å²) in [5.41, 5.74) is 0.198. The second-order valence-corrected chi connectivity index (χ2v) is 7.98. The second-order valence-electron chi connectivity index (χ2n) is 3.87. The molecule has 0 aromatic heterocycles. The van der Waals surface area contributed by atoms with Crippen molar-refractivity contribution in [3.05, 3.63) is 34.5 Å². The Morgan fingerprint density at radius 1 is 1.29 bits per heavy atom. The molecule has 0 amide bonds. The molecule has 1 aromatic carbocycles. The number of hydrogen-bond acceptors (Lipinski definition) is 4. The molecular weight excluding hydrogens is 267 g/mol. The molecule has 2 rings (SSSR count). The van der Waals surface area contributed by atoms with Gasteiger partial charge in [-0.05, 0) is 29.8 Å². The molecule has 1 heterocycles. The molecule has 0 spiro atoms. The minimum atomic E-state index is -3.78. The molecule has 0 bridgehead atoms. The van der Waals surface area contributed by atoms with E-state index in [1.165, 1.54) is 6.08 Å². The van der Waals surface area contributed by atoms with Crippen molar-refractivity contribution in [3.63, 3.8) is 0 Å². The Morgan fingerprint density at radius 3 is 2.53 bits per heavy atom. The lowest BCUT2D eigenvalue weighted by atomic mass is 10.2. The van der Waals surface area contributed by atoms with Crippen molar-refractivity contribution in [2.24, 2.45) is 0 Å². The van der Waals surface area contributed by atoms with Crippen molar-refractivity contribution in [3.8, 4) is 0 Å². The van der Waals surface area contributed by atoms with Crippen molar-refractivity contribution in [2.45, 2.75) is 4.90 Å². The zero-order valence-corrected chi connectivity index (χ0v) is 10.5. The summed E-state index contributed by atoms with van der Waals surface area (Å²) in [4.78, 5) is -0.252. The van der Waals surface area contributed by atoms with Gasteiger partial charge < -0.3 is 0 Å². The maximum absolute atomic E-state index is 12.9. The van der Waals surface area contributed by atoms with Crippen molar-refractivity contribution in [1.82, 2.24) is 0 Å². The highest BCUT2D eigenvalue weighted by molar-refractivity contribution is 7.98.